The van der Waals surface area contributed by atoms with Gasteiger partial charge in [0.15, 0.2) is 0 Å². The van der Waals surface area contributed by atoms with Gasteiger partial charge in [-0.2, -0.15) is 0 Å². The summed E-state index contributed by atoms with van der Waals surface area (Å²) in [6, 6.07) is 1.61. The summed E-state index contributed by atoms with van der Waals surface area (Å²) in [5.74, 6) is -0.986. The average molecular weight is 267 g/mol. The van der Waals surface area contributed by atoms with E-state index < -0.39 is 11.9 Å². The highest BCUT2D eigenvalue weighted by atomic mass is 16.5. The number of carbonyl (C=O) groups is 2. The number of nitrogens with zero attached hydrogens (tertiary/aromatic N) is 2. The van der Waals surface area contributed by atoms with Gasteiger partial charge in [-0.1, -0.05) is 13.3 Å². The molecule has 2 N–H and O–H groups in total. The molecule has 0 aromatic carbocycles. The van der Waals surface area contributed by atoms with Crippen LogP contribution in [0.1, 0.15) is 30.4 Å². The lowest BCUT2D eigenvalue weighted by Crippen LogP contribution is -2.18. The van der Waals surface area contributed by atoms with E-state index in [1.165, 1.54) is 13.3 Å². The van der Waals surface area contributed by atoms with Crippen molar-refractivity contribution in [1.29, 1.82) is 0 Å². The van der Waals surface area contributed by atoms with Crippen molar-refractivity contribution in [2.24, 2.45) is 5.92 Å². The predicted molar refractivity (Wildman–Crippen MR) is 67.9 cm³/mol. The Hall–Kier alpha value is -2.18. The number of aromatic nitrogens is 2. The molecule has 104 valence electrons. The van der Waals surface area contributed by atoms with Crippen molar-refractivity contribution in [2.45, 2.75) is 19.8 Å². The molecule has 0 spiro atoms. The van der Waals surface area contributed by atoms with E-state index in [1.807, 2.05) is 6.92 Å². The number of nitrogens with one attached hydrogen (secondary N) is 1. The minimum Gasteiger partial charge on any atom is -0.481 e. The molecule has 0 saturated carbocycles. The minimum absolute atomic E-state index is 0.00837. The van der Waals surface area contributed by atoms with Crippen LogP contribution in [0.4, 0.5) is 5.82 Å². The molecular weight excluding hydrogens is 250 g/mol. The number of ether oxygens (including phenoxy) is 1. The molecule has 1 rings (SSSR count). The molecule has 0 radical (unpaired) electrons. The van der Waals surface area contributed by atoms with Gasteiger partial charge in [0.1, 0.15) is 5.82 Å². The van der Waals surface area contributed by atoms with Gasteiger partial charge >= 0.3 is 11.9 Å². The van der Waals surface area contributed by atoms with Gasteiger partial charge in [0.05, 0.1) is 7.11 Å². The van der Waals surface area contributed by atoms with Crippen molar-refractivity contribution in [2.75, 3.05) is 19.0 Å². The zero-order valence-electron chi connectivity index (χ0n) is 10.9. The van der Waals surface area contributed by atoms with E-state index in [1.54, 1.807) is 6.07 Å². The molecule has 1 unspecified atom stereocenters. The van der Waals surface area contributed by atoms with E-state index in [0.29, 0.717) is 12.4 Å². The first kappa shape index (κ1) is 14.9. The number of hydrogen-bond acceptors (Lipinski definition) is 6. The molecule has 0 amide bonds. The summed E-state index contributed by atoms with van der Waals surface area (Å²) in [6.07, 6.45) is 2.28. The van der Waals surface area contributed by atoms with E-state index in [0.717, 1.165) is 6.42 Å². The number of anilines is 1. The normalized spacial score (nSPS) is 11.7. The van der Waals surface area contributed by atoms with Gasteiger partial charge in [0, 0.05) is 19.2 Å². The van der Waals surface area contributed by atoms with Crippen LogP contribution < -0.4 is 5.32 Å². The molecule has 7 heteroatoms. The molecule has 19 heavy (non-hydrogen) atoms. The molecule has 0 aliphatic rings. The van der Waals surface area contributed by atoms with Gasteiger partial charge in [-0.25, -0.2) is 14.8 Å². The Morgan fingerprint density at radius 2 is 2.26 bits per heavy atom. The molecule has 7 nitrogen and oxygen atoms in total. The highest BCUT2D eigenvalue weighted by Crippen LogP contribution is 2.10. The number of methoxy groups -OCH3 is 1. The highest BCUT2D eigenvalue weighted by Gasteiger charge is 2.13. The van der Waals surface area contributed by atoms with E-state index in [-0.39, 0.29) is 18.2 Å². The van der Waals surface area contributed by atoms with Crippen LogP contribution >= 0.6 is 0 Å². The fraction of sp³-hybridized carbons (Fsp3) is 0.500. The molecule has 1 aromatic rings. The second-order valence-electron chi connectivity index (χ2n) is 4.01. The van der Waals surface area contributed by atoms with Crippen LogP contribution in [-0.2, 0) is 9.53 Å². The Labute approximate surface area is 111 Å². The molecule has 1 aromatic heterocycles. The second kappa shape index (κ2) is 7.30. The van der Waals surface area contributed by atoms with Crippen molar-refractivity contribution in [1.82, 2.24) is 9.97 Å². The molecule has 0 bridgehead atoms. The van der Waals surface area contributed by atoms with Crippen LogP contribution in [0.5, 0.6) is 0 Å². The first-order valence-electron chi connectivity index (χ1n) is 5.93. The summed E-state index contributed by atoms with van der Waals surface area (Å²) in [6.45, 7) is 2.40. The van der Waals surface area contributed by atoms with Crippen LogP contribution in [0.25, 0.3) is 0 Å². The first-order valence-corrected chi connectivity index (χ1v) is 5.93. The Kier molecular flexibility index (Phi) is 5.72. The second-order valence-corrected chi connectivity index (χ2v) is 4.01. The Morgan fingerprint density at radius 3 is 2.84 bits per heavy atom. The lowest BCUT2D eigenvalue weighted by Gasteiger charge is -2.13. The topological polar surface area (TPSA) is 101 Å². The summed E-state index contributed by atoms with van der Waals surface area (Å²) in [5, 5.41) is 11.7. The number of aliphatic carboxylic acids is 1. The smallest absolute Gasteiger partial charge is 0.376 e. The van der Waals surface area contributed by atoms with Crippen molar-refractivity contribution < 1.29 is 19.4 Å². The lowest BCUT2D eigenvalue weighted by molar-refractivity contribution is -0.138. The fourth-order valence-electron chi connectivity index (χ4n) is 1.50. The zero-order chi connectivity index (χ0) is 14.3. The maximum atomic E-state index is 11.3. The number of carboxylic acid groups (broad SMARTS) is 1. The van der Waals surface area contributed by atoms with E-state index >= 15 is 0 Å². The third-order valence-corrected chi connectivity index (χ3v) is 2.64. The number of esters is 1. The fourth-order valence-corrected chi connectivity index (χ4v) is 1.50. The Morgan fingerprint density at radius 1 is 1.53 bits per heavy atom. The van der Waals surface area contributed by atoms with Gasteiger partial charge in [-0.05, 0) is 12.0 Å². The number of hydrogen-bond donors (Lipinski definition) is 2. The largest absolute Gasteiger partial charge is 0.481 e. The SMILES string of the molecule is CCC(CNc1ccnc(C(=O)OC)n1)CC(=O)O. The van der Waals surface area contributed by atoms with Gasteiger partial charge < -0.3 is 15.2 Å². The number of carbonyl (C=O) groups excluding carboxylic acids is 1. The Bertz CT molecular complexity index is 450. The number of carboxylic acids is 1. The van der Waals surface area contributed by atoms with E-state index in [9.17, 15) is 9.59 Å². The third-order valence-electron chi connectivity index (χ3n) is 2.64. The molecule has 0 fully saturated rings. The van der Waals surface area contributed by atoms with Crippen LogP contribution in [0.3, 0.4) is 0 Å². The van der Waals surface area contributed by atoms with Gasteiger partial charge in [-0.3, -0.25) is 4.79 Å². The predicted octanol–water partition coefficient (Wildman–Crippen LogP) is 1.18. The Balaban J connectivity index is 2.61. The average Bonchev–Trinajstić information content (AvgIpc) is 2.42. The van der Waals surface area contributed by atoms with E-state index in [2.05, 4.69) is 20.0 Å². The monoisotopic (exact) mass is 267 g/mol. The molecule has 1 atom stereocenters. The standard InChI is InChI=1S/C12H17N3O4/c1-3-8(6-10(16)17)7-14-9-4-5-13-11(15-9)12(18)19-2/h4-5,8H,3,6-7H2,1-2H3,(H,16,17)(H,13,14,15). The molecule has 1 heterocycles. The number of rotatable bonds is 7. The van der Waals surface area contributed by atoms with Gasteiger partial charge in [-0.15, -0.1) is 0 Å². The maximum Gasteiger partial charge on any atom is 0.376 e. The van der Waals surface area contributed by atoms with Crippen molar-refractivity contribution in [3.63, 3.8) is 0 Å². The molecule has 0 aliphatic heterocycles. The molecule has 0 aliphatic carbocycles. The quantitative estimate of drug-likeness (QED) is 0.715. The van der Waals surface area contributed by atoms with E-state index in [4.69, 9.17) is 5.11 Å². The van der Waals surface area contributed by atoms with Crippen LogP contribution in [0, 0.1) is 5.92 Å². The first-order chi connectivity index (χ1) is 9.06. The molecular formula is C12H17N3O4. The summed E-state index contributed by atoms with van der Waals surface area (Å²) in [5.41, 5.74) is 0. The summed E-state index contributed by atoms with van der Waals surface area (Å²) in [4.78, 5) is 29.7. The van der Waals surface area contributed by atoms with Gasteiger partial charge in [0.2, 0.25) is 5.82 Å². The lowest BCUT2D eigenvalue weighted by atomic mass is 10.0. The summed E-state index contributed by atoms with van der Waals surface area (Å²) in [7, 11) is 1.26. The summed E-state index contributed by atoms with van der Waals surface area (Å²) >= 11 is 0. The van der Waals surface area contributed by atoms with Crippen molar-refractivity contribution in [3.8, 4) is 0 Å². The zero-order valence-corrected chi connectivity index (χ0v) is 10.9. The highest BCUT2D eigenvalue weighted by molar-refractivity contribution is 5.85. The van der Waals surface area contributed by atoms with Crippen LogP contribution in [0.2, 0.25) is 0 Å². The van der Waals surface area contributed by atoms with Gasteiger partial charge in [0.25, 0.3) is 0 Å². The third kappa shape index (κ3) is 4.90. The van der Waals surface area contributed by atoms with Crippen LogP contribution in [0.15, 0.2) is 12.3 Å². The molecule has 0 saturated heterocycles. The summed E-state index contributed by atoms with van der Waals surface area (Å²) < 4.78 is 4.52. The van der Waals surface area contributed by atoms with Crippen LogP contribution in [-0.4, -0.2) is 40.7 Å². The van der Waals surface area contributed by atoms with Crippen molar-refractivity contribution >= 4 is 17.8 Å². The maximum absolute atomic E-state index is 11.3. The van der Waals surface area contributed by atoms with Crippen molar-refractivity contribution in [3.05, 3.63) is 18.1 Å². The minimum atomic E-state index is -0.827.